The highest BCUT2D eigenvalue weighted by Crippen LogP contribution is 2.31. The van der Waals surface area contributed by atoms with Crippen LogP contribution in [0, 0.1) is 0 Å². The van der Waals surface area contributed by atoms with Crippen molar-refractivity contribution in [3.63, 3.8) is 0 Å². The SMILES string of the molecule is COc1cc(-c2ccc3nc(NC(=O)NCCOc4cccnc4)[nH]c3c2)cnc1OC. The van der Waals surface area contributed by atoms with Gasteiger partial charge in [-0.05, 0) is 35.9 Å². The lowest BCUT2D eigenvalue weighted by molar-refractivity contribution is 0.247. The van der Waals surface area contributed by atoms with Crippen molar-refractivity contribution in [3.05, 3.63) is 55.0 Å². The molecule has 0 radical (unpaired) electrons. The van der Waals surface area contributed by atoms with Gasteiger partial charge in [-0.1, -0.05) is 6.07 Å². The van der Waals surface area contributed by atoms with Crippen molar-refractivity contribution in [3.8, 4) is 28.5 Å². The summed E-state index contributed by atoms with van der Waals surface area (Å²) in [6, 6.07) is 10.8. The maximum absolute atomic E-state index is 12.1. The van der Waals surface area contributed by atoms with Crippen LogP contribution in [-0.2, 0) is 0 Å². The van der Waals surface area contributed by atoms with Crippen LogP contribution < -0.4 is 24.8 Å². The van der Waals surface area contributed by atoms with Crippen LogP contribution in [0.3, 0.4) is 0 Å². The van der Waals surface area contributed by atoms with Crippen molar-refractivity contribution in [2.45, 2.75) is 0 Å². The number of nitrogens with one attached hydrogen (secondary N) is 3. The molecule has 1 aromatic carbocycles. The number of amides is 2. The Morgan fingerprint density at radius 2 is 2.00 bits per heavy atom. The molecule has 164 valence electrons. The standard InChI is InChI=1S/C22H22N6O4/c1-30-19-11-15(12-25-20(19)31-2)14-5-6-17-18(10-14)27-21(26-17)28-22(29)24-8-9-32-16-4-3-7-23-13-16/h3-7,10-13H,8-9H2,1-2H3,(H3,24,26,27,28,29). The molecule has 3 heterocycles. The first kappa shape index (κ1) is 20.9. The predicted molar refractivity (Wildman–Crippen MR) is 119 cm³/mol. The number of methoxy groups -OCH3 is 2. The van der Waals surface area contributed by atoms with E-state index in [0.29, 0.717) is 36.5 Å². The van der Waals surface area contributed by atoms with Crippen molar-refractivity contribution in [2.75, 3.05) is 32.7 Å². The van der Waals surface area contributed by atoms with Gasteiger partial charge >= 0.3 is 6.03 Å². The Kier molecular flexibility index (Phi) is 6.30. The second-order valence-corrected chi connectivity index (χ2v) is 6.67. The lowest BCUT2D eigenvalue weighted by Crippen LogP contribution is -2.32. The van der Waals surface area contributed by atoms with E-state index in [1.165, 1.54) is 0 Å². The largest absolute Gasteiger partial charge is 0.491 e. The molecule has 0 saturated heterocycles. The summed E-state index contributed by atoms with van der Waals surface area (Å²) >= 11 is 0. The molecule has 2 amide bonds. The maximum atomic E-state index is 12.1. The average molecular weight is 434 g/mol. The van der Waals surface area contributed by atoms with Crippen molar-refractivity contribution in [1.29, 1.82) is 0 Å². The van der Waals surface area contributed by atoms with Crippen LogP contribution in [0.4, 0.5) is 10.7 Å². The molecular weight excluding hydrogens is 412 g/mol. The minimum Gasteiger partial charge on any atom is -0.491 e. The van der Waals surface area contributed by atoms with E-state index < -0.39 is 0 Å². The lowest BCUT2D eigenvalue weighted by Gasteiger charge is -2.08. The fourth-order valence-corrected chi connectivity index (χ4v) is 3.06. The number of H-pyrrole nitrogens is 1. The Labute approximate surface area is 184 Å². The van der Waals surface area contributed by atoms with E-state index >= 15 is 0 Å². The lowest BCUT2D eigenvalue weighted by atomic mass is 10.1. The van der Waals surface area contributed by atoms with Gasteiger partial charge in [0, 0.05) is 18.0 Å². The summed E-state index contributed by atoms with van der Waals surface area (Å²) < 4.78 is 16.0. The zero-order valence-corrected chi connectivity index (χ0v) is 17.6. The van der Waals surface area contributed by atoms with Crippen LogP contribution >= 0.6 is 0 Å². The summed E-state index contributed by atoms with van der Waals surface area (Å²) in [5.41, 5.74) is 3.27. The summed E-state index contributed by atoms with van der Waals surface area (Å²) in [6.07, 6.45) is 4.99. The molecule has 0 unspecified atom stereocenters. The van der Waals surface area contributed by atoms with Gasteiger partial charge < -0.3 is 24.5 Å². The van der Waals surface area contributed by atoms with Gasteiger partial charge in [-0.3, -0.25) is 10.3 Å². The quantitative estimate of drug-likeness (QED) is 0.364. The summed E-state index contributed by atoms with van der Waals surface area (Å²) in [5.74, 6) is 1.95. The molecule has 0 spiro atoms. The third kappa shape index (κ3) is 4.86. The van der Waals surface area contributed by atoms with E-state index in [1.54, 1.807) is 44.9 Å². The summed E-state index contributed by atoms with van der Waals surface area (Å²) in [7, 11) is 3.11. The number of anilines is 1. The van der Waals surface area contributed by atoms with Crippen LogP contribution in [0.5, 0.6) is 17.4 Å². The van der Waals surface area contributed by atoms with Crippen LogP contribution in [0.2, 0.25) is 0 Å². The Balaban J connectivity index is 1.38. The Morgan fingerprint density at radius 3 is 2.78 bits per heavy atom. The number of fused-ring (bicyclic) bond motifs is 1. The van der Waals surface area contributed by atoms with Gasteiger partial charge in [0.15, 0.2) is 5.75 Å². The van der Waals surface area contributed by atoms with Crippen LogP contribution in [0.25, 0.3) is 22.2 Å². The van der Waals surface area contributed by atoms with Gasteiger partial charge in [0.1, 0.15) is 12.4 Å². The number of benzene rings is 1. The van der Waals surface area contributed by atoms with Gasteiger partial charge in [0.05, 0.1) is 38.0 Å². The molecule has 0 aliphatic heterocycles. The van der Waals surface area contributed by atoms with Gasteiger partial charge in [0.25, 0.3) is 5.88 Å². The van der Waals surface area contributed by atoms with Gasteiger partial charge in [-0.15, -0.1) is 0 Å². The van der Waals surface area contributed by atoms with Gasteiger partial charge in [-0.25, -0.2) is 14.8 Å². The number of carbonyl (C=O) groups is 1. The van der Waals surface area contributed by atoms with E-state index in [0.717, 1.165) is 22.2 Å². The summed E-state index contributed by atoms with van der Waals surface area (Å²) in [4.78, 5) is 27.9. The highest BCUT2D eigenvalue weighted by Gasteiger charge is 2.11. The highest BCUT2D eigenvalue weighted by molar-refractivity contribution is 5.90. The molecule has 0 fully saturated rings. The van der Waals surface area contributed by atoms with Crippen LogP contribution in [0.15, 0.2) is 55.0 Å². The van der Waals surface area contributed by atoms with Crippen molar-refractivity contribution >= 4 is 23.0 Å². The fraction of sp³-hybridized carbons (Fsp3) is 0.182. The number of carbonyl (C=O) groups excluding carboxylic acids is 1. The second kappa shape index (κ2) is 9.65. The van der Waals surface area contributed by atoms with Crippen LogP contribution in [0.1, 0.15) is 0 Å². The number of imidazole rings is 1. The fourth-order valence-electron chi connectivity index (χ4n) is 3.06. The van der Waals surface area contributed by atoms with E-state index in [-0.39, 0.29) is 6.03 Å². The molecule has 4 aromatic rings. The topological polar surface area (TPSA) is 123 Å². The first-order chi connectivity index (χ1) is 15.7. The average Bonchev–Trinajstić information content (AvgIpc) is 3.23. The molecule has 3 aromatic heterocycles. The highest BCUT2D eigenvalue weighted by atomic mass is 16.5. The first-order valence-electron chi connectivity index (χ1n) is 9.82. The zero-order valence-electron chi connectivity index (χ0n) is 17.6. The number of ether oxygens (including phenoxy) is 3. The van der Waals surface area contributed by atoms with Gasteiger partial charge in [0.2, 0.25) is 5.95 Å². The molecule has 0 bridgehead atoms. The molecule has 0 atom stereocenters. The van der Waals surface area contributed by atoms with E-state index in [4.69, 9.17) is 14.2 Å². The minimum atomic E-state index is -0.386. The van der Waals surface area contributed by atoms with Crippen molar-refractivity contribution in [1.82, 2.24) is 25.3 Å². The molecule has 0 aliphatic carbocycles. The first-order valence-corrected chi connectivity index (χ1v) is 9.82. The molecule has 0 saturated carbocycles. The number of hydrogen-bond donors (Lipinski definition) is 3. The number of aromatic nitrogens is 4. The van der Waals surface area contributed by atoms with E-state index in [9.17, 15) is 4.79 Å². The normalized spacial score (nSPS) is 10.6. The molecule has 3 N–H and O–H groups in total. The maximum Gasteiger partial charge on any atom is 0.321 e. The minimum absolute atomic E-state index is 0.321. The molecule has 0 aliphatic rings. The summed E-state index contributed by atoms with van der Waals surface area (Å²) in [6.45, 7) is 0.652. The Morgan fingerprint density at radius 1 is 1.09 bits per heavy atom. The van der Waals surface area contributed by atoms with E-state index in [2.05, 4.69) is 30.6 Å². The summed E-state index contributed by atoms with van der Waals surface area (Å²) in [5, 5.41) is 5.41. The van der Waals surface area contributed by atoms with Gasteiger partial charge in [-0.2, -0.15) is 0 Å². The van der Waals surface area contributed by atoms with Crippen molar-refractivity contribution in [2.24, 2.45) is 0 Å². The number of urea groups is 1. The molecule has 4 rings (SSSR count). The van der Waals surface area contributed by atoms with Crippen molar-refractivity contribution < 1.29 is 19.0 Å². The molecule has 10 heteroatoms. The Bertz CT molecular complexity index is 1210. The van der Waals surface area contributed by atoms with Crippen LogP contribution in [-0.4, -0.2) is 53.3 Å². The molecular formula is C22H22N6O4. The third-order valence-electron chi connectivity index (χ3n) is 4.57. The molecule has 10 nitrogen and oxygen atoms in total. The Hall–Kier alpha value is -4.34. The van der Waals surface area contributed by atoms with E-state index in [1.807, 2.05) is 24.3 Å². The monoisotopic (exact) mass is 434 g/mol. The number of aromatic amines is 1. The number of rotatable bonds is 8. The zero-order chi connectivity index (χ0) is 22.3. The smallest absolute Gasteiger partial charge is 0.321 e. The number of nitrogens with zero attached hydrogens (tertiary/aromatic N) is 3. The third-order valence-corrected chi connectivity index (χ3v) is 4.57. The number of hydrogen-bond acceptors (Lipinski definition) is 7. The second-order valence-electron chi connectivity index (χ2n) is 6.67. The predicted octanol–water partition coefficient (Wildman–Crippen LogP) is 3.24. The number of pyridine rings is 2. The molecule has 32 heavy (non-hydrogen) atoms.